The van der Waals surface area contributed by atoms with Gasteiger partial charge in [0.2, 0.25) is 11.0 Å². The fourth-order valence-corrected chi connectivity index (χ4v) is 4.85. The molecule has 0 aliphatic heterocycles. The summed E-state index contributed by atoms with van der Waals surface area (Å²) in [6.07, 6.45) is 3.32. The highest BCUT2D eigenvalue weighted by Gasteiger charge is 2.18. The van der Waals surface area contributed by atoms with E-state index in [1.165, 1.54) is 6.07 Å². The third kappa shape index (κ3) is 3.41. The maximum atomic E-state index is 13.4. The number of pyridine rings is 3. The number of benzene rings is 1. The molecule has 0 aliphatic rings. The monoisotopic (exact) mass is 463 g/mol. The van der Waals surface area contributed by atoms with E-state index in [2.05, 4.69) is 15.0 Å². The SMILES string of the molecule is Cc1ccc(-c2nc3[nH]cc(-c4cccc(=O)[nH]4)c(=O)c3nc2-c2ccc3ncccc3c2)s1. The zero-order chi connectivity index (χ0) is 23.2. The molecule has 0 fully saturated rings. The molecule has 0 saturated heterocycles. The lowest BCUT2D eigenvalue weighted by atomic mass is 10.0. The number of aryl methyl sites for hydroxylation is 1. The molecule has 0 saturated carbocycles. The summed E-state index contributed by atoms with van der Waals surface area (Å²) in [4.78, 5) is 47.2. The minimum Gasteiger partial charge on any atom is -0.344 e. The molecule has 2 N–H and O–H groups in total. The molecule has 6 rings (SSSR count). The largest absolute Gasteiger partial charge is 0.344 e. The Bertz CT molecular complexity index is 1830. The van der Waals surface area contributed by atoms with Gasteiger partial charge in [0.15, 0.2) is 11.2 Å². The number of hydrogen-bond acceptors (Lipinski definition) is 6. The van der Waals surface area contributed by atoms with E-state index in [9.17, 15) is 9.59 Å². The maximum absolute atomic E-state index is 13.4. The summed E-state index contributed by atoms with van der Waals surface area (Å²) in [5, 5.41) is 0.972. The molecule has 6 aromatic rings. The number of nitrogens with zero attached hydrogens (tertiary/aromatic N) is 3. The Hall–Kier alpha value is -4.43. The molecule has 1 aromatic carbocycles. The first-order chi connectivity index (χ1) is 16.6. The van der Waals surface area contributed by atoms with E-state index >= 15 is 0 Å². The lowest BCUT2D eigenvalue weighted by Gasteiger charge is -2.10. The Kier molecular flexibility index (Phi) is 4.67. The number of nitrogens with one attached hydrogen (secondary N) is 2. The van der Waals surface area contributed by atoms with Gasteiger partial charge in [0.05, 0.1) is 27.3 Å². The summed E-state index contributed by atoms with van der Waals surface area (Å²) in [7, 11) is 0. The third-order valence-corrected chi connectivity index (χ3v) is 6.62. The fourth-order valence-electron chi connectivity index (χ4n) is 3.99. The predicted molar refractivity (Wildman–Crippen MR) is 135 cm³/mol. The summed E-state index contributed by atoms with van der Waals surface area (Å²) in [5.41, 5.74) is 3.80. The lowest BCUT2D eigenvalue weighted by molar-refractivity contribution is 1.19. The Morgan fingerprint density at radius 1 is 0.912 bits per heavy atom. The van der Waals surface area contributed by atoms with Gasteiger partial charge < -0.3 is 9.97 Å². The number of rotatable bonds is 3. The third-order valence-electron chi connectivity index (χ3n) is 5.62. The van der Waals surface area contributed by atoms with E-state index in [0.717, 1.165) is 26.2 Å². The van der Waals surface area contributed by atoms with Crippen LogP contribution in [0.25, 0.3) is 55.2 Å². The number of thiophene rings is 1. The van der Waals surface area contributed by atoms with Crippen LogP contribution in [0.5, 0.6) is 0 Å². The van der Waals surface area contributed by atoms with Gasteiger partial charge in [-0.2, -0.15) is 0 Å². The van der Waals surface area contributed by atoms with Gasteiger partial charge in [-0.25, -0.2) is 9.97 Å². The van der Waals surface area contributed by atoms with Crippen LogP contribution in [0.4, 0.5) is 0 Å². The highest BCUT2D eigenvalue weighted by molar-refractivity contribution is 7.15. The molecule has 34 heavy (non-hydrogen) atoms. The maximum Gasteiger partial charge on any atom is 0.248 e. The van der Waals surface area contributed by atoms with E-state index in [4.69, 9.17) is 9.97 Å². The molecule has 5 aromatic heterocycles. The smallest absolute Gasteiger partial charge is 0.248 e. The second kappa shape index (κ2) is 7.86. The van der Waals surface area contributed by atoms with Crippen LogP contribution in [-0.2, 0) is 0 Å². The van der Waals surface area contributed by atoms with Gasteiger partial charge in [0.25, 0.3) is 0 Å². The zero-order valence-corrected chi connectivity index (χ0v) is 18.8. The van der Waals surface area contributed by atoms with Crippen molar-refractivity contribution in [2.24, 2.45) is 0 Å². The van der Waals surface area contributed by atoms with Gasteiger partial charge >= 0.3 is 0 Å². The summed E-state index contributed by atoms with van der Waals surface area (Å²) >= 11 is 1.62. The number of aromatic nitrogens is 5. The Morgan fingerprint density at radius 3 is 2.65 bits per heavy atom. The second-order valence-electron chi connectivity index (χ2n) is 7.90. The van der Waals surface area contributed by atoms with E-state index in [1.807, 2.05) is 49.4 Å². The molecule has 0 atom stereocenters. The minimum atomic E-state index is -0.305. The van der Waals surface area contributed by atoms with Crippen LogP contribution in [0, 0.1) is 6.92 Å². The topological polar surface area (TPSA) is 104 Å². The van der Waals surface area contributed by atoms with Crippen molar-refractivity contribution in [2.75, 3.05) is 0 Å². The molecule has 8 heteroatoms. The molecule has 5 heterocycles. The van der Waals surface area contributed by atoms with Gasteiger partial charge in [-0.3, -0.25) is 14.6 Å². The van der Waals surface area contributed by atoms with Gasteiger partial charge in [-0.05, 0) is 43.3 Å². The first-order valence-electron chi connectivity index (χ1n) is 10.6. The number of fused-ring (bicyclic) bond motifs is 2. The highest BCUT2D eigenvalue weighted by atomic mass is 32.1. The molecular formula is C26H17N5O2S. The van der Waals surface area contributed by atoms with Gasteiger partial charge in [0, 0.05) is 34.3 Å². The van der Waals surface area contributed by atoms with Crippen LogP contribution in [0.2, 0.25) is 0 Å². The zero-order valence-electron chi connectivity index (χ0n) is 18.0. The Balaban J connectivity index is 1.65. The molecule has 0 spiro atoms. The van der Waals surface area contributed by atoms with Crippen LogP contribution >= 0.6 is 11.3 Å². The summed E-state index contributed by atoms with van der Waals surface area (Å²) in [6, 6.07) is 18.5. The molecule has 0 bridgehead atoms. The van der Waals surface area contributed by atoms with Crippen molar-refractivity contribution < 1.29 is 0 Å². The van der Waals surface area contributed by atoms with E-state index in [0.29, 0.717) is 28.3 Å². The molecule has 0 amide bonds. The highest BCUT2D eigenvalue weighted by Crippen LogP contribution is 2.35. The van der Waals surface area contributed by atoms with Crippen LogP contribution in [0.3, 0.4) is 0 Å². The van der Waals surface area contributed by atoms with Crippen LogP contribution in [-0.4, -0.2) is 24.9 Å². The van der Waals surface area contributed by atoms with Crippen LogP contribution in [0.1, 0.15) is 4.88 Å². The molecule has 164 valence electrons. The van der Waals surface area contributed by atoms with E-state index in [1.54, 1.807) is 35.9 Å². The van der Waals surface area contributed by atoms with Crippen molar-refractivity contribution in [2.45, 2.75) is 6.92 Å². The summed E-state index contributed by atoms with van der Waals surface area (Å²) in [6.45, 7) is 2.04. The standard InChI is InChI=1S/C26H17N5O2S/c1-14-7-10-20(34-14)23-22(16-8-9-18-15(12-16)4-3-11-27-18)30-24-25(33)17(13-28-26(24)31-23)19-5-2-6-21(32)29-19/h2-13H,1H3,(H,29,32)(H,28,31,33). The van der Waals surface area contributed by atoms with Crippen molar-refractivity contribution in [1.29, 1.82) is 0 Å². The second-order valence-corrected chi connectivity index (χ2v) is 9.19. The van der Waals surface area contributed by atoms with Gasteiger partial charge in [0.1, 0.15) is 5.69 Å². The number of hydrogen-bond donors (Lipinski definition) is 2. The van der Waals surface area contributed by atoms with Crippen molar-refractivity contribution in [3.63, 3.8) is 0 Å². The minimum absolute atomic E-state index is 0.209. The molecule has 0 aliphatic carbocycles. The summed E-state index contributed by atoms with van der Waals surface area (Å²) in [5.74, 6) is 0. The number of H-pyrrole nitrogens is 2. The Labute approximate surface area is 196 Å². The van der Waals surface area contributed by atoms with Gasteiger partial charge in [-0.1, -0.05) is 18.2 Å². The molecule has 0 unspecified atom stereocenters. The fraction of sp³-hybridized carbons (Fsp3) is 0.0385. The van der Waals surface area contributed by atoms with E-state index < -0.39 is 0 Å². The molecular weight excluding hydrogens is 446 g/mol. The molecule has 7 nitrogen and oxygen atoms in total. The normalized spacial score (nSPS) is 11.3. The van der Waals surface area contributed by atoms with Crippen molar-refractivity contribution in [1.82, 2.24) is 24.9 Å². The average Bonchev–Trinajstić information content (AvgIpc) is 3.29. The average molecular weight is 464 g/mol. The molecule has 0 radical (unpaired) electrons. The van der Waals surface area contributed by atoms with E-state index in [-0.39, 0.29) is 16.5 Å². The first kappa shape index (κ1) is 20.2. The van der Waals surface area contributed by atoms with Crippen LogP contribution in [0.15, 0.2) is 82.6 Å². The van der Waals surface area contributed by atoms with Crippen molar-refractivity contribution in [3.05, 3.63) is 98.5 Å². The first-order valence-corrected chi connectivity index (χ1v) is 11.4. The Morgan fingerprint density at radius 2 is 1.82 bits per heavy atom. The number of aromatic amines is 2. The van der Waals surface area contributed by atoms with Gasteiger partial charge in [-0.15, -0.1) is 11.3 Å². The van der Waals surface area contributed by atoms with Crippen LogP contribution < -0.4 is 11.0 Å². The van der Waals surface area contributed by atoms with Crippen molar-refractivity contribution in [3.8, 4) is 33.1 Å². The summed E-state index contributed by atoms with van der Waals surface area (Å²) < 4.78 is 0. The quantitative estimate of drug-likeness (QED) is 0.387. The van der Waals surface area contributed by atoms with Crippen molar-refractivity contribution >= 4 is 33.4 Å². The predicted octanol–water partition coefficient (Wildman–Crippen LogP) is 4.93. The lowest BCUT2D eigenvalue weighted by Crippen LogP contribution is -2.13.